The quantitative estimate of drug-likeness (QED) is 0.734. The number of ether oxygens (including phenoxy) is 1. The van der Waals surface area contributed by atoms with E-state index in [9.17, 15) is 4.79 Å². The summed E-state index contributed by atoms with van der Waals surface area (Å²) in [6.07, 6.45) is 0. The minimum absolute atomic E-state index is 0.349. The summed E-state index contributed by atoms with van der Waals surface area (Å²) in [4.78, 5) is 11.7. The number of rotatable bonds is 5. The lowest BCUT2D eigenvalue weighted by Gasteiger charge is -2.09. The zero-order valence-corrected chi connectivity index (χ0v) is 13.3. The van der Waals surface area contributed by atoms with Gasteiger partial charge >= 0.3 is 5.63 Å². The SMILES string of the molecule is COc1ccc2c(CNCc3ccc(C)cc3)cc(=O)oc2c1. The van der Waals surface area contributed by atoms with Crippen LogP contribution in [0.5, 0.6) is 5.75 Å². The van der Waals surface area contributed by atoms with E-state index in [2.05, 4.69) is 36.5 Å². The monoisotopic (exact) mass is 309 g/mol. The molecule has 0 bridgehead atoms. The molecule has 3 rings (SSSR count). The summed E-state index contributed by atoms with van der Waals surface area (Å²) in [6, 6.07) is 15.4. The minimum atomic E-state index is -0.349. The number of hydrogen-bond acceptors (Lipinski definition) is 4. The predicted molar refractivity (Wildman–Crippen MR) is 90.8 cm³/mol. The number of methoxy groups -OCH3 is 1. The van der Waals surface area contributed by atoms with E-state index in [-0.39, 0.29) is 5.63 Å². The Kier molecular flexibility index (Phi) is 4.44. The molecule has 0 amide bonds. The van der Waals surface area contributed by atoms with Gasteiger partial charge in [0.1, 0.15) is 11.3 Å². The predicted octanol–water partition coefficient (Wildman–Crippen LogP) is 3.40. The molecule has 0 atom stereocenters. The maximum Gasteiger partial charge on any atom is 0.336 e. The zero-order chi connectivity index (χ0) is 16.2. The van der Waals surface area contributed by atoms with Crippen LogP contribution in [0.25, 0.3) is 11.0 Å². The lowest BCUT2D eigenvalue weighted by molar-refractivity contribution is 0.414. The van der Waals surface area contributed by atoms with Crippen LogP contribution in [-0.2, 0) is 13.1 Å². The van der Waals surface area contributed by atoms with Gasteiger partial charge in [-0.25, -0.2) is 4.79 Å². The maximum absolute atomic E-state index is 11.7. The van der Waals surface area contributed by atoms with E-state index >= 15 is 0 Å². The molecule has 0 radical (unpaired) electrons. The van der Waals surface area contributed by atoms with Gasteiger partial charge in [-0.1, -0.05) is 29.8 Å². The minimum Gasteiger partial charge on any atom is -0.497 e. The summed E-state index contributed by atoms with van der Waals surface area (Å²) >= 11 is 0. The van der Waals surface area contributed by atoms with Crippen LogP contribution in [-0.4, -0.2) is 7.11 Å². The van der Waals surface area contributed by atoms with Crippen molar-refractivity contribution in [2.45, 2.75) is 20.0 Å². The van der Waals surface area contributed by atoms with Crippen molar-refractivity contribution in [2.24, 2.45) is 0 Å². The van der Waals surface area contributed by atoms with Gasteiger partial charge in [0.15, 0.2) is 0 Å². The molecule has 0 aliphatic carbocycles. The van der Waals surface area contributed by atoms with Crippen LogP contribution in [0.4, 0.5) is 0 Å². The molecular weight excluding hydrogens is 290 g/mol. The third-order valence-electron chi connectivity index (χ3n) is 3.80. The molecule has 23 heavy (non-hydrogen) atoms. The summed E-state index contributed by atoms with van der Waals surface area (Å²) in [6.45, 7) is 3.42. The summed E-state index contributed by atoms with van der Waals surface area (Å²) in [5.74, 6) is 0.672. The van der Waals surface area contributed by atoms with E-state index in [0.717, 1.165) is 17.5 Å². The number of benzene rings is 2. The van der Waals surface area contributed by atoms with Crippen LogP contribution in [0.1, 0.15) is 16.7 Å². The van der Waals surface area contributed by atoms with Crippen LogP contribution >= 0.6 is 0 Å². The average molecular weight is 309 g/mol. The Bertz CT molecular complexity index is 866. The van der Waals surface area contributed by atoms with Gasteiger partial charge in [-0.2, -0.15) is 0 Å². The fraction of sp³-hybridized carbons (Fsp3) is 0.211. The Labute approximate surface area is 134 Å². The third kappa shape index (κ3) is 3.60. The van der Waals surface area contributed by atoms with E-state index in [4.69, 9.17) is 9.15 Å². The van der Waals surface area contributed by atoms with Crippen molar-refractivity contribution in [3.05, 3.63) is 75.6 Å². The molecule has 0 saturated heterocycles. The van der Waals surface area contributed by atoms with E-state index in [0.29, 0.717) is 17.9 Å². The highest BCUT2D eigenvalue weighted by Gasteiger charge is 2.07. The van der Waals surface area contributed by atoms with Gasteiger partial charge in [0, 0.05) is 30.6 Å². The number of hydrogen-bond donors (Lipinski definition) is 1. The zero-order valence-electron chi connectivity index (χ0n) is 13.3. The normalized spacial score (nSPS) is 10.9. The highest BCUT2D eigenvalue weighted by molar-refractivity contribution is 5.81. The second-order valence-electron chi connectivity index (χ2n) is 5.54. The molecule has 118 valence electrons. The molecule has 0 unspecified atom stereocenters. The molecule has 1 N–H and O–H groups in total. The first kappa shape index (κ1) is 15.3. The first-order chi connectivity index (χ1) is 11.2. The van der Waals surface area contributed by atoms with E-state index in [1.54, 1.807) is 13.2 Å². The van der Waals surface area contributed by atoms with Crippen LogP contribution in [0, 0.1) is 6.92 Å². The molecule has 0 saturated carbocycles. The molecular formula is C19H19NO3. The van der Waals surface area contributed by atoms with Crippen molar-refractivity contribution in [2.75, 3.05) is 7.11 Å². The summed E-state index contributed by atoms with van der Waals surface area (Å²) in [5, 5.41) is 4.29. The second kappa shape index (κ2) is 6.67. The van der Waals surface area contributed by atoms with Crippen molar-refractivity contribution in [3.8, 4) is 5.75 Å². The smallest absolute Gasteiger partial charge is 0.336 e. The Morgan fingerprint density at radius 2 is 1.83 bits per heavy atom. The Morgan fingerprint density at radius 1 is 1.04 bits per heavy atom. The molecule has 0 spiro atoms. The van der Waals surface area contributed by atoms with E-state index < -0.39 is 0 Å². The molecule has 1 heterocycles. The third-order valence-corrected chi connectivity index (χ3v) is 3.80. The maximum atomic E-state index is 11.7. The van der Waals surface area contributed by atoms with Crippen molar-refractivity contribution in [1.82, 2.24) is 5.32 Å². The highest BCUT2D eigenvalue weighted by Crippen LogP contribution is 2.22. The van der Waals surface area contributed by atoms with Crippen molar-refractivity contribution >= 4 is 11.0 Å². The first-order valence-corrected chi connectivity index (χ1v) is 7.53. The van der Waals surface area contributed by atoms with Crippen molar-refractivity contribution < 1.29 is 9.15 Å². The molecule has 3 aromatic rings. The van der Waals surface area contributed by atoms with Crippen LogP contribution in [0.3, 0.4) is 0 Å². The van der Waals surface area contributed by atoms with Crippen molar-refractivity contribution in [1.29, 1.82) is 0 Å². The van der Waals surface area contributed by atoms with Gasteiger partial charge in [-0.15, -0.1) is 0 Å². The van der Waals surface area contributed by atoms with Crippen LogP contribution in [0.2, 0.25) is 0 Å². The number of aryl methyl sites for hydroxylation is 1. The van der Waals surface area contributed by atoms with Gasteiger partial charge in [0.2, 0.25) is 0 Å². The highest BCUT2D eigenvalue weighted by atomic mass is 16.5. The standard InChI is InChI=1S/C19H19NO3/c1-13-3-5-14(6-4-13)11-20-12-15-9-19(21)23-18-10-16(22-2)7-8-17(15)18/h3-10,20H,11-12H2,1-2H3. The lowest BCUT2D eigenvalue weighted by Crippen LogP contribution is -2.14. The summed E-state index contributed by atoms with van der Waals surface area (Å²) in [7, 11) is 1.59. The topological polar surface area (TPSA) is 51.5 Å². The van der Waals surface area contributed by atoms with Gasteiger partial charge in [-0.05, 0) is 30.2 Å². The molecule has 0 aliphatic rings. The fourth-order valence-electron chi connectivity index (χ4n) is 2.53. The van der Waals surface area contributed by atoms with Crippen LogP contribution < -0.4 is 15.7 Å². The molecule has 0 fully saturated rings. The van der Waals surface area contributed by atoms with Gasteiger partial charge < -0.3 is 14.5 Å². The largest absolute Gasteiger partial charge is 0.497 e. The van der Waals surface area contributed by atoms with Gasteiger partial charge in [0.25, 0.3) is 0 Å². The Morgan fingerprint density at radius 3 is 2.57 bits per heavy atom. The lowest BCUT2D eigenvalue weighted by atomic mass is 10.1. The van der Waals surface area contributed by atoms with Gasteiger partial charge in [0.05, 0.1) is 7.11 Å². The molecule has 2 aromatic carbocycles. The van der Waals surface area contributed by atoms with Crippen molar-refractivity contribution in [3.63, 3.8) is 0 Å². The summed E-state index contributed by atoms with van der Waals surface area (Å²) < 4.78 is 10.4. The Hall–Kier alpha value is -2.59. The Balaban J connectivity index is 1.79. The van der Waals surface area contributed by atoms with Gasteiger partial charge in [-0.3, -0.25) is 0 Å². The average Bonchev–Trinajstić information content (AvgIpc) is 2.55. The second-order valence-corrected chi connectivity index (χ2v) is 5.54. The van der Waals surface area contributed by atoms with Crippen LogP contribution in [0.15, 0.2) is 57.7 Å². The fourth-order valence-corrected chi connectivity index (χ4v) is 2.53. The molecule has 4 heteroatoms. The van der Waals surface area contributed by atoms with E-state index in [1.165, 1.54) is 17.2 Å². The molecule has 4 nitrogen and oxygen atoms in total. The molecule has 1 aromatic heterocycles. The number of nitrogens with one attached hydrogen (secondary N) is 1. The first-order valence-electron chi connectivity index (χ1n) is 7.53. The molecule has 0 aliphatic heterocycles. The van der Waals surface area contributed by atoms with E-state index in [1.807, 2.05) is 12.1 Å². The number of fused-ring (bicyclic) bond motifs is 1. The summed E-state index contributed by atoms with van der Waals surface area (Å²) in [5.41, 5.74) is 3.58.